The largest absolute Gasteiger partial charge is 0.506 e. The van der Waals surface area contributed by atoms with Gasteiger partial charge in [-0.15, -0.1) is 10.2 Å². The van der Waals surface area contributed by atoms with Gasteiger partial charge in [0.2, 0.25) is 0 Å². The van der Waals surface area contributed by atoms with E-state index in [1.54, 1.807) is 24.4 Å². The molecule has 1 aromatic carbocycles. The van der Waals surface area contributed by atoms with Crippen LogP contribution in [0.1, 0.15) is 0 Å². The monoisotopic (exact) mass is 358 g/mol. The summed E-state index contributed by atoms with van der Waals surface area (Å²) in [5.41, 5.74) is 1.33. The van der Waals surface area contributed by atoms with Gasteiger partial charge in [-0.25, -0.2) is 14.6 Å². The molecule has 0 aliphatic carbocycles. The molecule has 0 saturated carbocycles. The van der Waals surface area contributed by atoms with Crippen molar-refractivity contribution in [3.8, 4) is 5.75 Å². The molecule has 9 nitrogen and oxygen atoms in total. The van der Waals surface area contributed by atoms with Crippen molar-refractivity contribution in [1.82, 2.24) is 4.98 Å². The minimum absolute atomic E-state index is 0.0980. The average Bonchev–Trinajstić information content (AvgIpc) is 2.60. The van der Waals surface area contributed by atoms with Crippen LogP contribution in [0.5, 0.6) is 5.75 Å². The molecule has 0 saturated heterocycles. The first-order valence-corrected chi connectivity index (χ1v) is 7.26. The van der Waals surface area contributed by atoms with Gasteiger partial charge in [0.15, 0.2) is 5.82 Å². The van der Waals surface area contributed by atoms with E-state index in [1.165, 1.54) is 0 Å². The van der Waals surface area contributed by atoms with Crippen molar-refractivity contribution in [3.63, 3.8) is 0 Å². The summed E-state index contributed by atoms with van der Waals surface area (Å²) in [5, 5.41) is 33.4. The van der Waals surface area contributed by atoms with Crippen molar-refractivity contribution in [1.29, 1.82) is 0 Å². The second-order valence-corrected chi connectivity index (χ2v) is 4.97. The van der Waals surface area contributed by atoms with E-state index < -0.39 is 11.9 Å². The van der Waals surface area contributed by atoms with E-state index in [-0.39, 0.29) is 5.75 Å². The zero-order chi connectivity index (χ0) is 19.5. The Hall–Kier alpha value is -3.75. The standard InChI is InChI=1S/C13H14N4O.C4H4O4/c1-17(2)10-6-7-11(12(18)9-10)15-16-13-5-3-4-8-14-13;5-3(6)1-2-4(7)8/h3-9,18H,1-2H3;1-2H,(H,5,6)(H,7,8)/b;2-1-. The molecule has 0 atom stereocenters. The third-order valence-corrected chi connectivity index (χ3v) is 2.75. The lowest BCUT2D eigenvalue weighted by atomic mass is 10.2. The normalized spacial score (nSPS) is 10.4. The predicted octanol–water partition coefficient (Wildman–Crippen LogP) is 2.98. The maximum atomic E-state index is 9.82. The van der Waals surface area contributed by atoms with Crippen LogP contribution < -0.4 is 4.90 Å². The van der Waals surface area contributed by atoms with Gasteiger partial charge in [-0.3, -0.25) is 0 Å². The number of rotatable bonds is 5. The number of azo groups is 1. The number of nitrogens with zero attached hydrogens (tertiary/aromatic N) is 4. The number of carboxylic acids is 2. The fourth-order valence-electron chi connectivity index (χ4n) is 1.54. The number of phenolic OH excluding ortho intramolecular Hbond substituents is 1. The number of carboxylic acid groups (broad SMARTS) is 2. The molecule has 3 N–H and O–H groups in total. The molecule has 0 aliphatic heterocycles. The van der Waals surface area contributed by atoms with Gasteiger partial charge in [0.25, 0.3) is 0 Å². The van der Waals surface area contributed by atoms with Gasteiger partial charge in [0.05, 0.1) is 0 Å². The molecule has 1 heterocycles. The molecule has 0 amide bonds. The molecule has 0 radical (unpaired) electrons. The molecule has 9 heteroatoms. The first-order valence-electron chi connectivity index (χ1n) is 7.26. The SMILES string of the molecule is CN(C)c1ccc(N=Nc2ccccn2)c(O)c1.O=C(O)/C=C\C(=O)O. The molecule has 136 valence electrons. The molecule has 2 rings (SSSR count). The van der Waals surface area contributed by atoms with Crippen molar-refractivity contribution in [2.45, 2.75) is 0 Å². The van der Waals surface area contributed by atoms with E-state index in [1.807, 2.05) is 37.2 Å². The summed E-state index contributed by atoms with van der Waals surface area (Å²) in [7, 11) is 3.81. The Bertz CT molecular complexity index is 788. The number of aliphatic carboxylic acids is 2. The Morgan fingerprint density at radius 2 is 1.69 bits per heavy atom. The average molecular weight is 358 g/mol. The summed E-state index contributed by atoms with van der Waals surface area (Å²) < 4.78 is 0. The summed E-state index contributed by atoms with van der Waals surface area (Å²) in [4.78, 5) is 25.0. The predicted molar refractivity (Wildman–Crippen MR) is 95.3 cm³/mol. The van der Waals surface area contributed by atoms with E-state index in [0.717, 1.165) is 5.69 Å². The van der Waals surface area contributed by atoms with E-state index in [9.17, 15) is 14.7 Å². The van der Waals surface area contributed by atoms with E-state index >= 15 is 0 Å². The second-order valence-electron chi connectivity index (χ2n) is 4.97. The fourth-order valence-corrected chi connectivity index (χ4v) is 1.54. The number of benzene rings is 1. The van der Waals surface area contributed by atoms with Crippen molar-refractivity contribution >= 4 is 29.1 Å². The minimum atomic E-state index is -1.26. The summed E-state index contributed by atoms with van der Waals surface area (Å²) in [6.07, 6.45) is 2.76. The summed E-state index contributed by atoms with van der Waals surface area (Å²) in [6, 6.07) is 10.6. The summed E-state index contributed by atoms with van der Waals surface area (Å²) >= 11 is 0. The maximum absolute atomic E-state index is 9.82. The van der Waals surface area contributed by atoms with Gasteiger partial charge in [-0.2, -0.15) is 0 Å². The number of pyridine rings is 1. The topological polar surface area (TPSA) is 136 Å². The molecule has 0 aliphatic rings. The highest BCUT2D eigenvalue weighted by Crippen LogP contribution is 2.31. The van der Waals surface area contributed by atoms with Crippen molar-refractivity contribution in [2.75, 3.05) is 19.0 Å². The first-order chi connectivity index (χ1) is 12.3. The molecule has 1 aromatic heterocycles. The third kappa shape index (κ3) is 7.68. The van der Waals surface area contributed by atoms with Crippen molar-refractivity contribution < 1.29 is 24.9 Å². The Morgan fingerprint density at radius 1 is 1.04 bits per heavy atom. The van der Waals surface area contributed by atoms with Crippen LogP contribution in [0, 0.1) is 0 Å². The van der Waals surface area contributed by atoms with Gasteiger partial charge in [0.1, 0.15) is 11.4 Å². The smallest absolute Gasteiger partial charge is 0.328 e. The molecule has 0 bridgehead atoms. The minimum Gasteiger partial charge on any atom is -0.506 e. The lowest BCUT2D eigenvalue weighted by Gasteiger charge is -2.12. The number of anilines is 1. The Balaban J connectivity index is 0.000000359. The highest BCUT2D eigenvalue weighted by atomic mass is 16.4. The number of hydrogen-bond donors (Lipinski definition) is 3. The van der Waals surface area contributed by atoms with Crippen LogP contribution in [-0.4, -0.2) is 46.3 Å². The number of hydrogen-bond acceptors (Lipinski definition) is 7. The Morgan fingerprint density at radius 3 is 2.15 bits per heavy atom. The highest BCUT2D eigenvalue weighted by Gasteiger charge is 2.03. The second kappa shape index (κ2) is 10.2. The zero-order valence-corrected chi connectivity index (χ0v) is 14.1. The van der Waals surface area contributed by atoms with Gasteiger partial charge in [0, 0.05) is 44.2 Å². The number of aromatic nitrogens is 1. The quantitative estimate of drug-likeness (QED) is 0.552. The van der Waals surface area contributed by atoms with E-state index in [2.05, 4.69) is 15.2 Å². The van der Waals surface area contributed by atoms with Gasteiger partial charge in [-0.05, 0) is 24.3 Å². The lowest BCUT2D eigenvalue weighted by molar-refractivity contribution is -0.134. The molecular weight excluding hydrogens is 340 g/mol. The van der Waals surface area contributed by atoms with Crippen molar-refractivity contribution in [3.05, 3.63) is 54.7 Å². The van der Waals surface area contributed by atoms with E-state index in [0.29, 0.717) is 23.7 Å². The molecule has 0 unspecified atom stereocenters. The molecule has 0 spiro atoms. The van der Waals surface area contributed by atoms with Crippen LogP contribution in [0.3, 0.4) is 0 Å². The van der Waals surface area contributed by atoms with Crippen LogP contribution in [0.4, 0.5) is 17.2 Å². The third-order valence-electron chi connectivity index (χ3n) is 2.75. The van der Waals surface area contributed by atoms with Gasteiger partial charge >= 0.3 is 11.9 Å². The summed E-state index contributed by atoms with van der Waals surface area (Å²) in [5.74, 6) is -1.91. The van der Waals surface area contributed by atoms with Crippen LogP contribution >= 0.6 is 0 Å². The Labute approximate surface area is 149 Å². The highest BCUT2D eigenvalue weighted by molar-refractivity contribution is 5.89. The van der Waals surface area contributed by atoms with Crippen LogP contribution in [0.2, 0.25) is 0 Å². The van der Waals surface area contributed by atoms with Crippen LogP contribution in [0.25, 0.3) is 0 Å². The summed E-state index contributed by atoms with van der Waals surface area (Å²) in [6.45, 7) is 0. The lowest BCUT2D eigenvalue weighted by Crippen LogP contribution is -2.07. The van der Waals surface area contributed by atoms with Gasteiger partial charge in [-0.1, -0.05) is 6.07 Å². The molecule has 2 aromatic rings. The van der Waals surface area contributed by atoms with Crippen molar-refractivity contribution in [2.24, 2.45) is 10.2 Å². The number of aromatic hydroxyl groups is 1. The van der Waals surface area contributed by atoms with E-state index in [4.69, 9.17) is 10.2 Å². The number of phenols is 1. The molecule has 26 heavy (non-hydrogen) atoms. The zero-order valence-electron chi connectivity index (χ0n) is 14.1. The van der Waals surface area contributed by atoms with Crippen LogP contribution in [-0.2, 0) is 9.59 Å². The van der Waals surface area contributed by atoms with Gasteiger partial charge < -0.3 is 20.2 Å². The fraction of sp³-hybridized carbons (Fsp3) is 0.118. The molecule has 0 fully saturated rings. The molecular formula is C17H18N4O5. The first kappa shape index (κ1) is 20.3. The maximum Gasteiger partial charge on any atom is 0.328 e. The van der Waals surface area contributed by atoms with Crippen LogP contribution in [0.15, 0.2) is 65.0 Å². The Kier molecular flexibility index (Phi) is 7.95. The number of carbonyl (C=O) groups is 2.